The summed E-state index contributed by atoms with van der Waals surface area (Å²) in [5.74, 6) is 1.87. The monoisotopic (exact) mass is 208 g/mol. The van der Waals surface area contributed by atoms with E-state index in [1.165, 1.54) is 25.7 Å². The molecule has 0 aliphatic heterocycles. The van der Waals surface area contributed by atoms with Gasteiger partial charge in [-0.2, -0.15) is 5.10 Å². The Labute approximate surface area is 90.9 Å². The molecular weight excluding hydrogens is 188 g/mol. The fourth-order valence-electron chi connectivity index (χ4n) is 2.52. The van der Waals surface area contributed by atoms with Crippen molar-refractivity contribution in [1.82, 2.24) is 20.5 Å². The molecule has 1 aliphatic carbocycles. The number of nitrogens with one attached hydrogen (secondary N) is 2. The number of aromatic nitrogens is 3. The van der Waals surface area contributed by atoms with Crippen LogP contribution in [0.25, 0.3) is 0 Å². The van der Waals surface area contributed by atoms with E-state index in [1.54, 1.807) is 6.33 Å². The highest BCUT2D eigenvalue weighted by atomic mass is 15.2. The maximum atomic E-state index is 4.11. The molecule has 1 saturated carbocycles. The predicted molar refractivity (Wildman–Crippen MR) is 59.5 cm³/mol. The summed E-state index contributed by atoms with van der Waals surface area (Å²) in [6.45, 7) is 3.30. The summed E-state index contributed by atoms with van der Waals surface area (Å²) in [5, 5.41) is 10.4. The summed E-state index contributed by atoms with van der Waals surface area (Å²) in [7, 11) is 0. The van der Waals surface area contributed by atoms with Gasteiger partial charge in [0.2, 0.25) is 0 Å². The Kier molecular flexibility index (Phi) is 3.72. The average Bonchev–Trinajstić information content (AvgIpc) is 2.88. The first-order valence-electron chi connectivity index (χ1n) is 5.97. The van der Waals surface area contributed by atoms with Gasteiger partial charge in [-0.05, 0) is 18.8 Å². The summed E-state index contributed by atoms with van der Waals surface area (Å²) in [5.41, 5.74) is 0. The number of hydrogen-bond acceptors (Lipinski definition) is 3. The lowest BCUT2D eigenvalue weighted by molar-refractivity contribution is 0.392. The van der Waals surface area contributed by atoms with E-state index in [4.69, 9.17) is 0 Å². The molecule has 84 valence electrons. The van der Waals surface area contributed by atoms with Gasteiger partial charge in [0.1, 0.15) is 12.2 Å². The van der Waals surface area contributed by atoms with E-state index < -0.39 is 0 Å². The normalized spacial score (nSPS) is 25.9. The molecule has 2 unspecified atom stereocenters. The first kappa shape index (κ1) is 10.6. The SMILES string of the molecule is CCC1CCCC1NCCc1ncn[nH]1. The zero-order chi connectivity index (χ0) is 10.5. The Hall–Kier alpha value is -0.900. The van der Waals surface area contributed by atoms with E-state index in [9.17, 15) is 0 Å². The van der Waals surface area contributed by atoms with Crippen LogP contribution in [0.3, 0.4) is 0 Å². The van der Waals surface area contributed by atoms with Crippen molar-refractivity contribution >= 4 is 0 Å². The third kappa shape index (κ3) is 2.78. The zero-order valence-corrected chi connectivity index (χ0v) is 9.37. The van der Waals surface area contributed by atoms with Crippen molar-refractivity contribution in [1.29, 1.82) is 0 Å². The standard InChI is InChI=1S/C11H20N4/c1-2-9-4-3-5-10(9)12-7-6-11-13-8-14-15-11/h8-10,12H,2-7H2,1H3,(H,13,14,15). The Bertz CT molecular complexity index is 270. The van der Waals surface area contributed by atoms with Gasteiger partial charge in [0.05, 0.1) is 0 Å². The van der Waals surface area contributed by atoms with Gasteiger partial charge in [-0.25, -0.2) is 4.98 Å². The fraction of sp³-hybridized carbons (Fsp3) is 0.818. The van der Waals surface area contributed by atoms with Crippen molar-refractivity contribution in [2.45, 2.75) is 45.1 Å². The maximum Gasteiger partial charge on any atom is 0.137 e. The van der Waals surface area contributed by atoms with Crippen molar-refractivity contribution in [2.24, 2.45) is 5.92 Å². The fourth-order valence-corrected chi connectivity index (χ4v) is 2.52. The average molecular weight is 208 g/mol. The van der Waals surface area contributed by atoms with Crippen molar-refractivity contribution in [2.75, 3.05) is 6.54 Å². The number of nitrogens with zero attached hydrogens (tertiary/aromatic N) is 2. The van der Waals surface area contributed by atoms with Crippen LogP contribution in [-0.4, -0.2) is 27.8 Å². The second-order valence-corrected chi connectivity index (χ2v) is 4.34. The number of rotatable bonds is 5. The van der Waals surface area contributed by atoms with Gasteiger partial charge >= 0.3 is 0 Å². The molecule has 0 bridgehead atoms. The molecule has 2 rings (SSSR count). The van der Waals surface area contributed by atoms with Crippen LogP contribution in [0.1, 0.15) is 38.4 Å². The minimum absolute atomic E-state index is 0.734. The molecule has 1 aromatic rings. The molecule has 0 spiro atoms. The Morgan fingerprint density at radius 2 is 2.47 bits per heavy atom. The third-order valence-electron chi connectivity index (χ3n) is 3.42. The van der Waals surface area contributed by atoms with E-state index in [0.29, 0.717) is 0 Å². The highest BCUT2D eigenvalue weighted by Crippen LogP contribution is 2.27. The lowest BCUT2D eigenvalue weighted by Gasteiger charge is -2.19. The number of aromatic amines is 1. The molecule has 0 radical (unpaired) electrons. The Morgan fingerprint density at radius 3 is 3.20 bits per heavy atom. The topological polar surface area (TPSA) is 53.6 Å². The molecular formula is C11H20N4. The molecule has 1 aliphatic rings. The van der Waals surface area contributed by atoms with Gasteiger partial charge in [-0.15, -0.1) is 0 Å². The van der Waals surface area contributed by atoms with Crippen LogP contribution in [0.15, 0.2) is 6.33 Å². The smallest absolute Gasteiger partial charge is 0.137 e. The first-order chi connectivity index (χ1) is 7.40. The van der Waals surface area contributed by atoms with E-state index in [-0.39, 0.29) is 0 Å². The largest absolute Gasteiger partial charge is 0.313 e. The summed E-state index contributed by atoms with van der Waals surface area (Å²) in [4.78, 5) is 4.11. The number of hydrogen-bond donors (Lipinski definition) is 2. The molecule has 4 heteroatoms. The van der Waals surface area contributed by atoms with Gasteiger partial charge in [-0.3, -0.25) is 5.10 Å². The molecule has 1 aromatic heterocycles. The second-order valence-electron chi connectivity index (χ2n) is 4.34. The molecule has 15 heavy (non-hydrogen) atoms. The van der Waals surface area contributed by atoms with Crippen LogP contribution in [0, 0.1) is 5.92 Å². The van der Waals surface area contributed by atoms with Crippen molar-refractivity contribution in [3.8, 4) is 0 Å². The van der Waals surface area contributed by atoms with Crippen LogP contribution in [0.2, 0.25) is 0 Å². The Morgan fingerprint density at radius 1 is 1.53 bits per heavy atom. The molecule has 1 heterocycles. The first-order valence-corrected chi connectivity index (χ1v) is 5.97. The molecule has 2 N–H and O–H groups in total. The molecule has 0 aromatic carbocycles. The van der Waals surface area contributed by atoms with Gasteiger partial charge in [-0.1, -0.05) is 19.8 Å². The van der Waals surface area contributed by atoms with Gasteiger partial charge in [0.15, 0.2) is 0 Å². The maximum absolute atomic E-state index is 4.11. The summed E-state index contributed by atoms with van der Waals surface area (Å²) < 4.78 is 0. The van der Waals surface area contributed by atoms with Crippen LogP contribution >= 0.6 is 0 Å². The van der Waals surface area contributed by atoms with Crippen LogP contribution in [0.4, 0.5) is 0 Å². The molecule has 0 amide bonds. The molecule has 4 nitrogen and oxygen atoms in total. The Balaban J connectivity index is 1.69. The quantitative estimate of drug-likeness (QED) is 0.771. The lowest BCUT2D eigenvalue weighted by atomic mass is 10.0. The minimum Gasteiger partial charge on any atom is -0.313 e. The van der Waals surface area contributed by atoms with Crippen LogP contribution in [-0.2, 0) is 6.42 Å². The highest BCUT2D eigenvalue weighted by Gasteiger charge is 2.24. The minimum atomic E-state index is 0.734. The van der Waals surface area contributed by atoms with Crippen molar-refractivity contribution in [3.63, 3.8) is 0 Å². The molecule has 2 atom stereocenters. The third-order valence-corrected chi connectivity index (χ3v) is 3.42. The van der Waals surface area contributed by atoms with E-state index >= 15 is 0 Å². The second kappa shape index (κ2) is 5.26. The van der Waals surface area contributed by atoms with Gasteiger partial charge in [0.25, 0.3) is 0 Å². The highest BCUT2D eigenvalue weighted by molar-refractivity contribution is 4.85. The van der Waals surface area contributed by atoms with E-state index in [2.05, 4.69) is 27.4 Å². The molecule has 1 fully saturated rings. The summed E-state index contributed by atoms with van der Waals surface area (Å²) in [6, 6.07) is 0.734. The van der Waals surface area contributed by atoms with Gasteiger partial charge in [0, 0.05) is 19.0 Å². The lowest BCUT2D eigenvalue weighted by Crippen LogP contribution is -2.33. The number of H-pyrrole nitrogens is 1. The van der Waals surface area contributed by atoms with Gasteiger partial charge < -0.3 is 5.32 Å². The summed E-state index contributed by atoms with van der Waals surface area (Å²) in [6.07, 6.45) is 7.95. The predicted octanol–water partition coefficient (Wildman–Crippen LogP) is 1.52. The van der Waals surface area contributed by atoms with Crippen LogP contribution in [0.5, 0.6) is 0 Å². The van der Waals surface area contributed by atoms with E-state index in [0.717, 1.165) is 30.7 Å². The summed E-state index contributed by atoms with van der Waals surface area (Å²) >= 11 is 0. The van der Waals surface area contributed by atoms with Crippen LogP contribution < -0.4 is 5.32 Å². The van der Waals surface area contributed by atoms with E-state index in [1.807, 2.05) is 0 Å². The zero-order valence-electron chi connectivity index (χ0n) is 9.37. The van der Waals surface area contributed by atoms with Crippen molar-refractivity contribution < 1.29 is 0 Å². The molecule has 0 saturated heterocycles. The van der Waals surface area contributed by atoms with Crippen molar-refractivity contribution in [3.05, 3.63) is 12.2 Å².